The van der Waals surface area contributed by atoms with E-state index in [0.29, 0.717) is 12.5 Å². The lowest BCUT2D eigenvalue weighted by molar-refractivity contribution is 0.242. The lowest BCUT2D eigenvalue weighted by atomic mass is 10.4. The number of allylic oxidation sites excluding steroid dienone is 2. The van der Waals surface area contributed by atoms with Crippen LogP contribution in [0.2, 0.25) is 0 Å². The number of hydrogen-bond acceptors (Lipinski definition) is 3. The van der Waals surface area contributed by atoms with Crippen molar-refractivity contribution in [1.29, 1.82) is 0 Å². The van der Waals surface area contributed by atoms with Gasteiger partial charge in [-0.3, -0.25) is 0 Å². The van der Waals surface area contributed by atoms with Crippen LogP contribution in [0.25, 0.3) is 0 Å². The van der Waals surface area contributed by atoms with Crippen molar-refractivity contribution in [3.8, 4) is 0 Å². The minimum absolute atomic E-state index is 0.535. The number of nitrogens with zero attached hydrogens (tertiary/aromatic N) is 1. The number of rotatable bonds is 1. The third kappa shape index (κ3) is 1.80. The molecule has 1 heterocycles. The summed E-state index contributed by atoms with van der Waals surface area (Å²) < 4.78 is 5.00. The van der Waals surface area contributed by atoms with Gasteiger partial charge in [0.25, 0.3) is 0 Å². The molecule has 0 saturated heterocycles. The second kappa shape index (κ2) is 3.17. The maximum absolute atomic E-state index is 5.00. The molecule has 1 rings (SSSR count). The predicted octanol–water partition coefficient (Wildman–Crippen LogP) is 1.52. The topological polar surface area (TPSA) is 21.6 Å². The van der Waals surface area contributed by atoms with Crippen LogP contribution < -0.4 is 0 Å². The summed E-state index contributed by atoms with van der Waals surface area (Å²) in [5.41, 5.74) is 0. The Hall–Kier alpha value is -0.920. The molecule has 0 saturated carbocycles. The monoisotopic (exact) mass is 139 g/mol. The first kappa shape index (κ1) is 6.20. The fourth-order valence-corrected chi connectivity index (χ4v) is 0.592. The Morgan fingerprint density at radius 3 is 3.22 bits per heavy atom. The fraction of sp³-hybridized carbons (Fsp3) is 0.167. The molecule has 0 spiro atoms. The summed E-state index contributed by atoms with van der Waals surface area (Å²) in [4.78, 5) is 3.64. The van der Waals surface area contributed by atoms with E-state index in [1.54, 1.807) is 6.08 Å². The van der Waals surface area contributed by atoms with Crippen LogP contribution in [0.15, 0.2) is 29.1 Å². The molecule has 0 aliphatic carbocycles. The van der Waals surface area contributed by atoms with Gasteiger partial charge in [0.05, 0.1) is 5.16 Å². The van der Waals surface area contributed by atoms with E-state index >= 15 is 0 Å². The molecule has 0 atom stereocenters. The normalized spacial score (nSPS) is 15.3. The molecule has 0 bridgehead atoms. The van der Waals surface area contributed by atoms with Crippen LogP contribution in [0.4, 0.5) is 0 Å². The molecular formula is C6H5NOS. The minimum atomic E-state index is 0.535. The summed E-state index contributed by atoms with van der Waals surface area (Å²) in [5, 5.41) is 2.22. The predicted molar refractivity (Wildman–Crippen MR) is 38.2 cm³/mol. The van der Waals surface area contributed by atoms with Crippen molar-refractivity contribution < 1.29 is 4.74 Å². The summed E-state index contributed by atoms with van der Waals surface area (Å²) in [6.07, 6.45) is 5.50. The molecule has 0 unspecified atom stereocenters. The summed E-state index contributed by atoms with van der Waals surface area (Å²) in [6.45, 7) is 0.576. The lowest BCUT2D eigenvalue weighted by Gasteiger charge is -2.02. The van der Waals surface area contributed by atoms with Gasteiger partial charge in [-0.2, -0.15) is 4.99 Å². The summed E-state index contributed by atoms with van der Waals surface area (Å²) in [6, 6.07) is 0. The number of thiocarbonyl (C=S) groups is 1. The van der Waals surface area contributed by atoms with Crippen molar-refractivity contribution in [2.75, 3.05) is 6.61 Å². The van der Waals surface area contributed by atoms with E-state index in [2.05, 4.69) is 22.4 Å². The number of ether oxygens (including phenoxy) is 1. The SMILES string of the molecule is S=C=NC1=CC=CCO1. The Morgan fingerprint density at radius 1 is 1.78 bits per heavy atom. The first-order valence-corrected chi connectivity index (χ1v) is 2.92. The zero-order chi connectivity index (χ0) is 6.53. The fourth-order valence-electron chi connectivity index (χ4n) is 0.502. The minimum Gasteiger partial charge on any atom is -0.473 e. The van der Waals surface area contributed by atoms with E-state index in [4.69, 9.17) is 4.74 Å². The molecule has 9 heavy (non-hydrogen) atoms. The molecule has 0 fully saturated rings. The van der Waals surface area contributed by atoms with Gasteiger partial charge in [0.1, 0.15) is 6.61 Å². The summed E-state index contributed by atoms with van der Waals surface area (Å²) in [5.74, 6) is 0.535. The van der Waals surface area contributed by atoms with Crippen LogP contribution in [0.1, 0.15) is 0 Å². The number of isothiocyanates is 1. The van der Waals surface area contributed by atoms with Crippen LogP contribution in [0, 0.1) is 0 Å². The molecule has 0 N–H and O–H groups in total. The average molecular weight is 139 g/mol. The van der Waals surface area contributed by atoms with E-state index in [0.717, 1.165) is 0 Å². The van der Waals surface area contributed by atoms with Gasteiger partial charge in [0.2, 0.25) is 5.88 Å². The largest absolute Gasteiger partial charge is 0.473 e. The van der Waals surface area contributed by atoms with Crippen molar-refractivity contribution >= 4 is 17.4 Å². The van der Waals surface area contributed by atoms with Gasteiger partial charge in [-0.05, 0) is 18.3 Å². The molecule has 1 aliphatic heterocycles. The van der Waals surface area contributed by atoms with E-state index < -0.39 is 0 Å². The number of aliphatic imine (C=N–C) groups is 1. The van der Waals surface area contributed by atoms with Crippen molar-refractivity contribution in [2.45, 2.75) is 0 Å². The highest BCUT2D eigenvalue weighted by Crippen LogP contribution is 2.03. The smallest absolute Gasteiger partial charge is 0.222 e. The second-order valence-electron chi connectivity index (χ2n) is 1.45. The highest BCUT2D eigenvalue weighted by atomic mass is 32.1. The highest BCUT2D eigenvalue weighted by Gasteiger charge is 1.93. The zero-order valence-electron chi connectivity index (χ0n) is 4.70. The maximum Gasteiger partial charge on any atom is 0.222 e. The van der Waals surface area contributed by atoms with Gasteiger partial charge >= 0.3 is 0 Å². The van der Waals surface area contributed by atoms with Gasteiger partial charge in [0.15, 0.2) is 0 Å². The van der Waals surface area contributed by atoms with Crippen molar-refractivity contribution in [1.82, 2.24) is 0 Å². The number of hydrogen-bond donors (Lipinski definition) is 0. The molecule has 3 heteroatoms. The molecule has 0 amide bonds. The van der Waals surface area contributed by atoms with Crippen LogP contribution in [0.3, 0.4) is 0 Å². The van der Waals surface area contributed by atoms with Gasteiger partial charge in [-0.15, -0.1) is 0 Å². The van der Waals surface area contributed by atoms with Crippen LogP contribution in [-0.4, -0.2) is 11.8 Å². The third-order valence-electron chi connectivity index (χ3n) is 0.858. The summed E-state index contributed by atoms with van der Waals surface area (Å²) in [7, 11) is 0. The third-order valence-corrected chi connectivity index (χ3v) is 0.949. The lowest BCUT2D eigenvalue weighted by Crippen LogP contribution is -1.92. The van der Waals surface area contributed by atoms with E-state index in [-0.39, 0.29) is 0 Å². The van der Waals surface area contributed by atoms with Crippen molar-refractivity contribution in [3.05, 3.63) is 24.1 Å². The Kier molecular flexibility index (Phi) is 2.19. The Morgan fingerprint density at radius 2 is 2.67 bits per heavy atom. The Labute approximate surface area is 58.5 Å². The van der Waals surface area contributed by atoms with Gasteiger partial charge in [-0.25, -0.2) is 0 Å². The second-order valence-corrected chi connectivity index (χ2v) is 1.63. The van der Waals surface area contributed by atoms with Gasteiger partial charge in [0, 0.05) is 6.08 Å². The molecule has 0 radical (unpaired) electrons. The Balaban J connectivity index is 2.68. The first-order valence-electron chi connectivity index (χ1n) is 2.51. The molecular weight excluding hydrogens is 134 g/mol. The summed E-state index contributed by atoms with van der Waals surface area (Å²) >= 11 is 4.37. The van der Waals surface area contributed by atoms with Crippen LogP contribution in [-0.2, 0) is 4.74 Å². The quantitative estimate of drug-likeness (QED) is 0.405. The average Bonchev–Trinajstić information content (AvgIpc) is 1.91. The highest BCUT2D eigenvalue weighted by molar-refractivity contribution is 7.78. The van der Waals surface area contributed by atoms with Crippen LogP contribution in [0.5, 0.6) is 0 Å². The molecule has 0 aromatic carbocycles. The molecule has 2 nitrogen and oxygen atoms in total. The van der Waals surface area contributed by atoms with Gasteiger partial charge < -0.3 is 4.74 Å². The standard InChI is InChI=1S/C6H5NOS/c9-5-7-6-3-1-2-4-8-6/h1-3H,4H2. The van der Waals surface area contributed by atoms with Crippen molar-refractivity contribution in [2.24, 2.45) is 4.99 Å². The molecule has 1 aliphatic rings. The molecule has 0 aromatic rings. The van der Waals surface area contributed by atoms with Gasteiger partial charge in [-0.1, -0.05) is 6.08 Å². The van der Waals surface area contributed by atoms with Crippen molar-refractivity contribution in [3.63, 3.8) is 0 Å². The molecule has 0 aromatic heterocycles. The van der Waals surface area contributed by atoms with E-state index in [9.17, 15) is 0 Å². The van der Waals surface area contributed by atoms with E-state index in [1.165, 1.54) is 0 Å². The molecule has 46 valence electrons. The first-order chi connectivity index (χ1) is 4.43. The van der Waals surface area contributed by atoms with E-state index in [1.807, 2.05) is 12.2 Å². The Bertz CT molecular complexity index is 201. The zero-order valence-corrected chi connectivity index (χ0v) is 5.52. The van der Waals surface area contributed by atoms with Crippen LogP contribution >= 0.6 is 12.2 Å². The maximum atomic E-state index is 5.00.